The third kappa shape index (κ3) is 4.87. The molecule has 0 aliphatic heterocycles. The maximum absolute atomic E-state index is 5.07. The predicted molar refractivity (Wildman–Crippen MR) is 199 cm³/mol. The van der Waals surface area contributed by atoms with E-state index < -0.39 is 0 Å². The smallest absolute Gasteiger partial charge is 0.164 e. The number of nitrogens with zero attached hydrogens (tertiary/aromatic N) is 5. The number of aromatic nitrogens is 5. The van der Waals surface area contributed by atoms with Crippen molar-refractivity contribution in [3.8, 4) is 45.6 Å². The predicted octanol–water partition coefficient (Wildman–Crippen LogP) is 9.99. The summed E-state index contributed by atoms with van der Waals surface area (Å²) in [5, 5.41) is 0. The summed E-state index contributed by atoms with van der Waals surface area (Å²) in [4.78, 5) is 24.4. The molecule has 4 aromatic carbocycles. The molecule has 50 heavy (non-hydrogen) atoms. The van der Waals surface area contributed by atoms with Crippen LogP contribution in [0, 0.1) is 23.7 Å². The molecule has 5 heteroatoms. The van der Waals surface area contributed by atoms with Crippen LogP contribution in [-0.2, 0) is 0 Å². The molecule has 2 aromatic heterocycles. The Morgan fingerprint density at radius 2 is 1.02 bits per heavy atom. The van der Waals surface area contributed by atoms with Gasteiger partial charge in [0.2, 0.25) is 0 Å². The van der Waals surface area contributed by atoms with Gasteiger partial charge in [0.15, 0.2) is 23.3 Å². The minimum Gasteiger partial charge on any atom is -0.237 e. The van der Waals surface area contributed by atoms with Gasteiger partial charge in [0.25, 0.3) is 0 Å². The van der Waals surface area contributed by atoms with Gasteiger partial charge in [-0.25, -0.2) is 24.9 Å². The van der Waals surface area contributed by atoms with Gasteiger partial charge in [0.1, 0.15) is 0 Å². The van der Waals surface area contributed by atoms with Crippen LogP contribution in [0.2, 0.25) is 0 Å². The van der Waals surface area contributed by atoms with Crippen molar-refractivity contribution in [2.24, 2.45) is 23.7 Å². The number of hydrogen-bond donors (Lipinski definition) is 0. The highest BCUT2D eigenvalue weighted by atomic mass is 15.0. The van der Waals surface area contributed by atoms with E-state index in [-0.39, 0.29) is 0 Å². The molecule has 5 nitrogen and oxygen atoms in total. The van der Waals surface area contributed by atoms with Gasteiger partial charge in [-0.05, 0) is 94.9 Å². The van der Waals surface area contributed by atoms with Gasteiger partial charge < -0.3 is 0 Å². The lowest BCUT2D eigenvalue weighted by molar-refractivity contribution is 0.0845. The molecule has 1 saturated carbocycles. The Morgan fingerprint density at radius 3 is 1.68 bits per heavy atom. The molecule has 6 aromatic rings. The van der Waals surface area contributed by atoms with Crippen molar-refractivity contribution in [3.63, 3.8) is 0 Å². The standard InChI is InChI=1S/C45H35N5/c1-3-12-28(13-4-1)43-48-44(29-14-5-2-6-15-29)50-45(49-43)34-26-32(25-33(27-34)42-46-22-11-23-47-42)30-20-21-31(24-30)39-35-16-7-8-17-36(35)40-37-18-9-10-19-38(37)41(39)40/h1-19,22-27,31,37-41H,20-21H2. The van der Waals surface area contributed by atoms with Crippen LogP contribution in [0.15, 0.2) is 152 Å². The molecule has 0 spiro atoms. The molecule has 0 N–H and O–H groups in total. The second-order valence-corrected chi connectivity index (χ2v) is 14.0. The van der Waals surface area contributed by atoms with Gasteiger partial charge in [-0.3, -0.25) is 0 Å². The van der Waals surface area contributed by atoms with Crippen LogP contribution in [0.5, 0.6) is 0 Å². The van der Waals surface area contributed by atoms with Crippen LogP contribution >= 0.6 is 0 Å². The third-order valence-electron chi connectivity index (χ3n) is 11.3. The molecule has 0 amide bonds. The van der Waals surface area contributed by atoms with Crippen LogP contribution in [0.4, 0.5) is 0 Å². The zero-order valence-electron chi connectivity index (χ0n) is 27.5. The fourth-order valence-corrected chi connectivity index (χ4v) is 9.18. The highest BCUT2D eigenvalue weighted by Gasteiger charge is 2.58. The summed E-state index contributed by atoms with van der Waals surface area (Å²) < 4.78 is 0. The summed E-state index contributed by atoms with van der Waals surface area (Å²) in [5.41, 5.74) is 9.50. The first kappa shape index (κ1) is 29.1. The van der Waals surface area contributed by atoms with Crippen LogP contribution < -0.4 is 0 Å². The molecule has 0 saturated heterocycles. The molecule has 6 unspecified atom stereocenters. The SMILES string of the molecule is C1=CC2C(C=C1)C1C(C3C=C(c4cc(-c5ncccn5)cc(-c5nc(-c6ccccc6)nc(-c6ccccc6)n5)c4)CC3)c3ccccc3C21. The Hall–Kier alpha value is -5.81. The van der Waals surface area contributed by atoms with E-state index in [2.05, 4.69) is 82.8 Å². The lowest BCUT2D eigenvalue weighted by atomic mass is 9.52. The summed E-state index contributed by atoms with van der Waals surface area (Å²) >= 11 is 0. The molecule has 1 fully saturated rings. The fourth-order valence-electron chi connectivity index (χ4n) is 9.18. The van der Waals surface area contributed by atoms with Crippen LogP contribution in [0.25, 0.3) is 51.1 Å². The van der Waals surface area contributed by atoms with Gasteiger partial charge >= 0.3 is 0 Å². The zero-order chi connectivity index (χ0) is 33.0. The summed E-state index contributed by atoms with van der Waals surface area (Å²) in [6.07, 6.45) is 17.8. The van der Waals surface area contributed by atoms with E-state index >= 15 is 0 Å². The normalized spacial score (nSPS) is 24.2. The lowest BCUT2D eigenvalue weighted by Gasteiger charge is -2.51. The van der Waals surface area contributed by atoms with Gasteiger partial charge in [0.05, 0.1) is 0 Å². The summed E-state index contributed by atoms with van der Waals surface area (Å²) in [7, 11) is 0. The van der Waals surface area contributed by atoms with Crippen LogP contribution in [0.1, 0.15) is 41.4 Å². The molecular weight excluding hydrogens is 611 g/mol. The van der Waals surface area contributed by atoms with Crippen molar-refractivity contribution in [1.82, 2.24) is 24.9 Å². The Labute approximate surface area is 292 Å². The quantitative estimate of drug-likeness (QED) is 0.180. The molecule has 2 heterocycles. The van der Waals surface area contributed by atoms with Crippen LogP contribution in [0.3, 0.4) is 0 Å². The van der Waals surface area contributed by atoms with Crippen molar-refractivity contribution >= 4 is 5.57 Å². The van der Waals surface area contributed by atoms with Crippen molar-refractivity contribution in [2.75, 3.05) is 0 Å². The van der Waals surface area contributed by atoms with E-state index in [0.29, 0.717) is 58.8 Å². The van der Waals surface area contributed by atoms with Crippen molar-refractivity contribution in [3.05, 3.63) is 169 Å². The molecule has 240 valence electrons. The Balaban J connectivity index is 1.09. The lowest BCUT2D eigenvalue weighted by Crippen LogP contribution is -2.44. The number of allylic oxidation sites excluding steroid dienone is 6. The van der Waals surface area contributed by atoms with E-state index in [4.69, 9.17) is 15.0 Å². The molecule has 10 rings (SSSR count). The topological polar surface area (TPSA) is 64.5 Å². The molecule has 6 atom stereocenters. The average Bonchev–Trinajstić information content (AvgIpc) is 3.79. The van der Waals surface area contributed by atoms with E-state index in [1.165, 1.54) is 11.1 Å². The fraction of sp³-hybridized carbons (Fsp3) is 0.178. The van der Waals surface area contributed by atoms with E-state index in [1.807, 2.05) is 66.7 Å². The third-order valence-corrected chi connectivity index (χ3v) is 11.3. The van der Waals surface area contributed by atoms with E-state index in [0.717, 1.165) is 35.1 Å². The zero-order valence-corrected chi connectivity index (χ0v) is 27.5. The van der Waals surface area contributed by atoms with Crippen molar-refractivity contribution < 1.29 is 0 Å². The van der Waals surface area contributed by atoms with Gasteiger partial charge in [-0.2, -0.15) is 0 Å². The van der Waals surface area contributed by atoms with Crippen molar-refractivity contribution in [2.45, 2.75) is 24.7 Å². The van der Waals surface area contributed by atoms with Crippen molar-refractivity contribution in [1.29, 1.82) is 0 Å². The van der Waals surface area contributed by atoms with E-state index in [1.54, 1.807) is 23.5 Å². The molecule has 4 aliphatic carbocycles. The highest BCUT2D eigenvalue weighted by molar-refractivity contribution is 5.78. The maximum atomic E-state index is 5.07. The molecule has 0 bridgehead atoms. The van der Waals surface area contributed by atoms with Gasteiger partial charge in [-0.15, -0.1) is 0 Å². The Morgan fingerprint density at radius 1 is 0.480 bits per heavy atom. The second kappa shape index (κ2) is 12.0. The molecule has 4 aliphatic rings. The largest absolute Gasteiger partial charge is 0.237 e. The monoisotopic (exact) mass is 645 g/mol. The van der Waals surface area contributed by atoms with Crippen LogP contribution in [-0.4, -0.2) is 24.9 Å². The van der Waals surface area contributed by atoms with E-state index in [9.17, 15) is 0 Å². The minimum atomic E-state index is 0.494. The molecular formula is C45H35N5. The number of hydrogen-bond acceptors (Lipinski definition) is 5. The number of rotatable bonds is 6. The first-order valence-electron chi connectivity index (χ1n) is 17.7. The summed E-state index contributed by atoms with van der Waals surface area (Å²) in [5.74, 6) is 6.22. The average molecular weight is 646 g/mol. The first-order chi connectivity index (χ1) is 24.8. The second-order valence-electron chi connectivity index (χ2n) is 14.0. The Bertz CT molecular complexity index is 2250. The first-order valence-corrected chi connectivity index (χ1v) is 17.7. The summed E-state index contributed by atoms with van der Waals surface area (Å²) in [6.45, 7) is 0. The van der Waals surface area contributed by atoms with Gasteiger partial charge in [0, 0.05) is 34.6 Å². The summed E-state index contributed by atoms with van der Waals surface area (Å²) in [6, 6.07) is 38.1. The van der Waals surface area contributed by atoms with Gasteiger partial charge in [-0.1, -0.05) is 115 Å². The molecule has 0 radical (unpaired) electrons. The number of benzene rings is 4. The minimum absolute atomic E-state index is 0.494. The number of fused-ring (bicyclic) bond motifs is 6. The Kier molecular flexibility index (Phi) is 6.97. The maximum Gasteiger partial charge on any atom is 0.164 e. The highest BCUT2D eigenvalue weighted by Crippen LogP contribution is 2.68.